The van der Waals surface area contributed by atoms with Crippen LogP contribution in [0.25, 0.3) is 0 Å². The maximum absolute atomic E-state index is 11.8. The zero-order chi connectivity index (χ0) is 18.4. The van der Waals surface area contributed by atoms with E-state index in [4.69, 9.17) is 4.74 Å². The molecule has 1 N–H and O–H groups in total. The van der Waals surface area contributed by atoms with Crippen molar-refractivity contribution in [2.24, 2.45) is 0 Å². The van der Waals surface area contributed by atoms with Gasteiger partial charge in [0, 0.05) is 23.7 Å². The number of nitrogens with zero attached hydrogens (tertiary/aromatic N) is 2. The first-order valence-electron chi connectivity index (χ1n) is 7.22. The van der Waals surface area contributed by atoms with Crippen LogP contribution < -0.4 is 10.2 Å². The van der Waals surface area contributed by atoms with E-state index in [1.165, 1.54) is 28.8 Å². The fraction of sp³-hybridized carbons (Fsp3) is 0.267. The number of carbonyl (C=O) groups excluding carboxylic acids is 2. The van der Waals surface area contributed by atoms with Gasteiger partial charge in [0.15, 0.2) is 6.61 Å². The van der Waals surface area contributed by atoms with Crippen LogP contribution in [0.4, 0.5) is 11.4 Å². The maximum atomic E-state index is 11.8. The van der Waals surface area contributed by atoms with Crippen molar-refractivity contribution in [1.29, 1.82) is 0 Å². The Bertz CT molecular complexity index is 857. The molecule has 1 amide bonds. The van der Waals surface area contributed by atoms with Gasteiger partial charge in [0.1, 0.15) is 5.69 Å². The molecule has 0 saturated heterocycles. The van der Waals surface area contributed by atoms with E-state index >= 15 is 0 Å². The zero-order valence-corrected chi connectivity index (χ0v) is 14.1. The summed E-state index contributed by atoms with van der Waals surface area (Å²) in [4.78, 5) is 45.0. The van der Waals surface area contributed by atoms with Gasteiger partial charge in [-0.25, -0.2) is 0 Å². The molecule has 25 heavy (non-hydrogen) atoms. The van der Waals surface area contributed by atoms with Gasteiger partial charge in [-0.2, -0.15) is 0 Å². The lowest BCUT2D eigenvalue weighted by atomic mass is 10.2. The molecule has 1 heterocycles. The van der Waals surface area contributed by atoms with Crippen molar-refractivity contribution in [2.75, 3.05) is 11.9 Å². The highest BCUT2D eigenvalue weighted by Crippen LogP contribution is 2.22. The van der Waals surface area contributed by atoms with Crippen LogP contribution in [0.2, 0.25) is 0 Å². The highest BCUT2D eigenvalue weighted by atomic mass is 32.1. The SMILES string of the molecule is Cc1csc(=O)n1CCC(=O)OCC(=O)Nc1ccccc1[N+](=O)[O-]. The molecule has 132 valence electrons. The molecule has 9 nitrogen and oxygen atoms in total. The average molecular weight is 365 g/mol. The highest BCUT2D eigenvalue weighted by Gasteiger charge is 2.16. The Kier molecular flexibility index (Phi) is 6.01. The number of nitro benzene ring substituents is 1. The third kappa shape index (κ3) is 4.98. The summed E-state index contributed by atoms with van der Waals surface area (Å²) in [5.74, 6) is -1.33. The van der Waals surface area contributed by atoms with E-state index in [2.05, 4.69) is 5.32 Å². The molecule has 1 aromatic carbocycles. The van der Waals surface area contributed by atoms with Gasteiger partial charge in [-0.1, -0.05) is 23.5 Å². The highest BCUT2D eigenvalue weighted by molar-refractivity contribution is 7.07. The Morgan fingerprint density at radius 2 is 2.08 bits per heavy atom. The van der Waals surface area contributed by atoms with E-state index in [0.717, 1.165) is 17.0 Å². The maximum Gasteiger partial charge on any atom is 0.308 e. The monoisotopic (exact) mass is 365 g/mol. The fourth-order valence-electron chi connectivity index (χ4n) is 2.02. The predicted octanol–water partition coefficient (Wildman–Crippen LogP) is 1.70. The molecule has 1 aromatic heterocycles. The van der Waals surface area contributed by atoms with Crippen molar-refractivity contribution in [2.45, 2.75) is 19.9 Å². The number of aromatic nitrogens is 1. The number of thiazole rings is 1. The van der Waals surface area contributed by atoms with Crippen LogP contribution in [-0.2, 0) is 20.9 Å². The van der Waals surface area contributed by atoms with E-state index in [0.29, 0.717) is 0 Å². The minimum absolute atomic E-state index is 0.0222. The lowest BCUT2D eigenvalue weighted by molar-refractivity contribution is -0.383. The van der Waals surface area contributed by atoms with Gasteiger partial charge in [-0.05, 0) is 13.0 Å². The van der Waals surface area contributed by atoms with E-state index < -0.39 is 23.4 Å². The molecule has 0 unspecified atom stereocenters. The fourth-order valence-corrected chi connectivity index (χ4v) is 2.78. The number of esters is 1. The molecule has 0 aliphatic rings. The van der Waals surface area contributed by atoms with Crippen LogP contribution in [0, 0.1) is 17.0 Å². The standard InChI is InChI=1S/C15H15N3O6S/c1-10-9-25-15(21)17(10)7-6-14(20)24-8-13(19)16-11-4-2-3-5-12(11)18(22)23/h2-5,9H,6-8H2,1H3,(H,16,19). The van der Waals surface area contributed by atoms with Crippen molar-refractivity contribution < 1.29 is 19.2 Å². The van der Waals surface area contributed by atoms with Gasteiger partial charge in [-0.3, -0.25) is 24.5 Å². The van der Waals surface area contributed by atoms with E-state index in [-0.39, 0.29) is 29.2 Å². The predicted molar refractivity (Wildman–Crippen MR) is 90.6 cm³/mol. The summed E-state index contributed by atoms with van der Waals surface area (Å²) in [6.45, 7) is 1.35. The number of aryl methyl sites for hydroxylation is 1. The lowest BCUT2D eigenvalue weighted by Crippen LogP contribution is -2.23. The summed E-state index contributed by atoms with van der Waals surface area (Å²) in [6.07, 6.45) is -0.0593. The number of ether oxygens (including phenoxy) is 1. The second-order valence-corrected chi connectivity index (χ2v) is 5.85. The van der Waals surface area contributed by atoms with Gasteiger partial charge in [-0.15, -0.1) is 0 Å². The summed E-state index contributed by atoms with van der Waals surface area (Å²) in [5, 5.41) is 14.9. The van der Waals surface area contributed by atoms with Crippen LogP contribution in [0.5, 0.6) is 0 Å². The lowest BCUT2D eigenvalue weighted by Gasteiger charge is -2.07. The molecule has 0 spiro atoms. The third-order valence-corrected chi connectivity index (χ3v) is 4.14. The summed E-state index contributed by atoms with van der Waals surface area (Å²) >= 11 is 1.04. The summed E-state index contributed by atoms with van der Waals surface area (Å²) in [5.41, 5.74) is 0.514. The van der Waals surface area contributed by atoms with E-state index in [1.54, 1.807) is 12.3 Å². The largest absolute Gasteiger partial charge is 0.456 e. The zero-order valence-electron chi connectivity index (χ0n) is 13.3. The smallest absolute Gasteiger partial charge is 0.308 e. The minimum Gasteiger partial charge on any atom is -0.456 e. The van der Waals surface area contributed by atoms with Crippen molar-refractivity contribution in [3.05, 3.63) is 55.1 Å². The second kappa shape index (κ2) is 8.20. The molecule has 2 aromatic rings. The summed E-state index contributed by atoms with van der Waals surface area (Å²) < 4.78 is 6.27. The third-order valence-electron chi connectivity index (χ3n) is 3.26. The number of benzene rings is 1. The molecular weight excluding hydrogens is 350 g/mol. The number of hydrogen-bond acceptors (Lipinski definition) is 7. The number of anilines is 1. The van der Waals surface area contributed by atoms with Gasteiger partial charge in [0.2, 0.25) is 0 Å². The number of para-hydroxylation sites is 2. The van der Waals surface area contributed by atoms with Crippen LogP contribution in [0.15, 0.2) is 34.4 Å². The first-order valence-corrected chi connectivity index (χ1v) is 8.10. The molecule has 2 rings (SSSR count). The molecule has 0 atom stereocenters. The molecule has 0 aliphatic heterocycles. The summed E-state index contributed by atoms with van der Waals surface area (Å²) in [7, 11) is 0. The minimum atomic E-state index is -0.688. The molecule has 0 radical (unpaired) electrons. The quantitative estimate of drug-likeness (QED) is 0.453. The summed E-state index contributed by atoms with van der Waals surface area (Å²) in [6, 6.07) is 5.64. The average Bonchev–Trinajstić information content (AvgIpc) is 2.89. The Balaban J connectivity index is 1.83. The molecule has 0 bridgehead atoms. The first-order chi connectivity index (χ1) is 11.9. The number of carbonyl (C=O) groups is 2. The van der Waals surface area contributed by atoms with Crippen LogP contribution in [0.3, 0.4) is 0 Å². The number of nitrogens with one attached hydrogen (secondary N) is 1. The number of rotatable bonds is 7. The van der Waals surface area contributed by atoms with Crippen molar-refractivity contribution in [3.63, 3.8) is 0 Å². The molecule has 0 aliphatic carbocycles. The Labute approximate surface area is 146 Å². The first kappa shape index (κ1) is 18.3. The van der Waals surface area contributed by atoms with Crippen molar-refractivity contribution >= 4 is 34.6 Å². The van der Waals surface area contributed by atoms with E-state index in [9.17, 15) is 24.5 Å². The van der Waals surface area contributed by atoms with Crippen molar-refractivity contribution in [3.8, 4) is 0 Å². The van der Waals surface area contributed by atoms with Crippen LogP contribution in [-0.4, -0.2) is 28.0 Å². The Morgan fingerprint density at radius 1 is 1.36 bits per heavy atom. The molecule has 10 heteroatoms. The Hall–Kier alpha value is -3.01. The van der Waals surface area contributed by atoms with E-state index in [1.807, 2.05) is 0 Å². The Morgan fingerprint density at radius 3 is 2.72 bits per heavy atom. The molecular formula is C15H15N3O6S. The van der Waals surface area contributed by atoms with Crippen LogP contribution >= 0.6 is 11.3 Å². The number of amides is 1. The topological polar surface area (TPSA) is 121 Å². The van der Waals surface area contributed by atoms with Gasteiger partial charge in [0.05, 0.1) is 11.3 Å². The molecule has 0 fully saturated rings. The molecule has 0 saturated carbocycles. The number of nitro groups is 1. The van der Waals surface area contributed by atoms with Gasteiger partial charge in [0.25, 0.3) is 11.6 Å². The second-order valence-electron chi connectivity index (χ2n) is 5.03. The van der Waals surface area contributed by atoms with Gasteiger partial charge < -0.3 is 14.6 Å². The normalized spacial score (nSPS) is 10.3. The number of hydrogen-bond donors (Lipinski definition) is 1. The van der Waals surface area contributed by atoms with Crippen LogP contribution in [0.1, 0.15) is 12.1 Å². The van der Waals surface area contributed by atoms with Crippen molar-refractivity contribution in [1.82, 2.24) is 4.57 Å². The van der Waals surface area contributed by atoms with Gasteiger partial charge >= 0.3 is 10.8 Å².